The second-order valence-corrected chi connectivity index (χ2v) is 10.8. The van der Waals surface area contributed by atoms with Crippen molar-refractivity contribution in [3.05, 3.63) is 11.9 Å². The van der Waals surface area contributed by atoms with E-state index in [1.165, 1.54) is 6.20 Å². The second kappa shape index (κ2) is 14.4. The summed E-state index contributed by atoms with van der Waals surface area (Å²) in [5, 5.41) is 0. The second-order valence-electron chi connectivity index (χ2n) is 10.8. The van der Waals surface area contributed by atoms with Gasteiger partial charge in [-0.25, -0.2) is 18.7 Å². The van der Waals surface area contributed by atoms with Crippen LogP contribution in [0.1, 0.15) is 64.5 Å². The summed E-state index contributed by atoms with van der Waals surface area (Å²) in [5.74, 6) is 1.23. The maximum atomic E-state index is 13.8. The summed E-state index contributed by atoms with van der Waals surface area (Å²) in [5.41, 5.74) is 5.02. The van der Waals surface area contributed by atoms with Crippen molar-refractivity contribution >= 4 is 29.5 Å². The summed E-state index contributed by atoms with van der Waals surface area (Å²) in [6.45, 7) is 8.14. The van der Waals surface area contributed by atoms with Gasteiger partial charge in [0.2, 0.25) is 23.8 Å². The molecule has 41 heavy (non-hydrogen) atoms. The van der Waals surface area contributed by atoms with E-state index in [9.17, 15) is 18.4 Å². The van der Waals surface area contributed by atoms with Gasteiger partial charge in [0.1, 0.15) is 11.5 Å². The summed E-state index contributed by atoms with van der Waals surface area (Å²) in [6.07, 6.45) is 2.37. The van der Waals surface area contributed by atoms with E-state index in [0.29, 0.717) is 89.6 Å². The van der Waals surface area contributed by atoms with Gasteiger partial charge in [-0.15, -0.1) is 0 Å². The van der Waals surface area contributed by atoms with Crippen LogP contribution >= 0.6 is 0 Å². The van der Waals surface area contributed by atoms with Gasteiger partial charge in [-0.05, 0) is 18.8 Å². The van der Waals surface area contributed by atoms with Crippen molar-refractivity contribution in [1.82, 2.24) is 29.8 Å². The van der Waals surface area contributed by atoms with Crippen LogP contribution in [0.15, 0.2) is 6.20 Å². The maximum absolute atomic E-state index is 13.8. The number of ketones is 1. The van der Waals surface area contributed by atoms with Crippen molar-refractivity contribution in [2.75, 3.05) is 68.0 Å². The van der Waals surface area contributed by atoms with E-state index in [1.807, 2.05) is 28.5 Å². The molecule has 2 aromatic heterocycles. The number of carbonyl (C=O) groups is 2. The highest BCUT2D eigenvalue weighted by atomic mass is 19.3. The summed E-state index contributed by atoms with van der Waals surface area (Å²) < 4.78 is 33.1. The highest BCUT2D eigenvalue weighted by Crippen LogP contribution is 2.30. The smallest absolute Gasteiger partial charge is 0.281 e. The number of hydrogen-bond acceptors (Lipinski definition) is 11. The number of piperazine rings is 1. The van der Waals surface area contributed by atoms with Gasteiger partial charge in [0.25, 0.3) is 6.43 Å². The minimum absolute atomic E-state index is 0.00733. The molecule has 2 fully saturated rings. The first kappa shape index (κ1) is 30.4. The summed E-state index contributed by atoms with van der Waals surface area (Å²) in [4.78, 5) is 51.7. The molecular formula is C27H39F2N9O3. The first-order valence-corrected chi connectivity index (χ1v) is 14.3. The number of aromatic nitrogens is 5. The molecule has 0 saturated carbocycles. The zero-order chi connectivity index (χ0) is 29.4. The first-order valence-electron chi connectivity index (χ1n) is 14.3. The quantitative estimate of drug-likeness (QED) is 0.373. The topological polar surface area (TPSA) is 144 Å². The molecule has 0 aliphatic carbocycles. The summed E-state index contributed by atoms with van der Waals surface area (Å²) in [7, 11) is 0. The minimum atomic E-state index is -2.89. The molecule has 12 nitrogen and oxygen atoms in total. The molecule has 0 atom stereocenters. The molecule has 0 radical (unpaired) electrons. The Morgan fingerprint density at radius 3 is 2.17 bits per heavy atom. The van der Waals surface area contributed by atoms with Gasteiger partial charge in [-0.3, -0.25) is 9.59 Å². The zero-order valence-electron chi connectivity index (χ0n) is 23.8. The van der Waals surface area contributed by atoms with Crippen LogP contribution in [0.2, 0.25) is 0 Å². The number of Topliss-reactive ketones (excluding diaryl/α,β-unsaturated/α-hetero) is 1. The van der Waals surface area contributed by atoms with Crippen molar-refractivity contribution in [3.63, 3.8) is 0 Å². The first-order chi connectivity index (χ1) is 19.7. The Morgan fingerprint density at radius 2 is 1.54 bits per heavy atom. The molecule has 14 heteroatoms. The van der Waals surface area contributed by atoms with Gasteiger partial charge in [-0.1, -0.05) is 20.3 Å². The summed E-state index contributed by atoms with van der Waals surface area (Å²) >= 11 is 0. The number of nitrogens with two attached hydrogens (primary N) is 1. The van der Waals surface area contributed by atoms with Crippen molar-refractivity contribution in [2.24, 2.45) is 5.92 Å². The zero-order valence-corrected chi connectivity index (χ0v) is 23.8. The van der Waals surface area contributed by atoms with Crippen LogP contribution in [-0.4, -0.2) is 94.0 Å². The highest BCUT2D eigenvalue weighted by molar-refractivity contribution is 5.78. The van der Waals surface area contributed by atoms with Gasteiger partial charge in [0.15, 0.2) is 5.82 Å². The van der Waals surface area contributed by atoms with Gasteiger partial charge in [0.05, 0.1) is 18.8 Å². The third kappa shape index (κ3) is 8.47. The number of rotatable bonds is 12. The third-order valence-electron chi connectivity index (χ3n) is 7.09. The summed E-state index contributed by atoms with van der Waals surface area (Å²) in [6, 6.07) is 0. The van der Waals surface area contributed by atoms with Crippen molar-refractivity contribution < 1.29 is 23.1 Å². The van der Waals surface area contributed by atoms with E-state index < -0.39 is 12.1 Å². The van der Waals surface area contributed by atoms with Crippen LogP contribution in [0.25, 0.3) is 11.4 Å². The lowest BCUT2D eigenvalue weighted by atomic mass is 10.0. The fourth-order valence-corrected chi connectivity index (χ4v) is 4.92. The van der Waals surface area contributed by atoms with Crippen LogP contribution in [0.5, 0.6) is 0 Å². The average molecular weight is 576 g/mol. The number of nitrogen functional groups attached to an aromatic ring is 1. The maximum Gasteiger partial charge on any atom is 0.281 e. The molecule has 2 aliphatic rings. The molecule has 0 spiro atoms. The average Bonchev–Trinajstić information content (AvgIpc) is 2.96. The lowest BCUT2D eigenvalue weighted by Crippen LogP contribution is -2.49. The SMILES string of the molecule is CC(C)CC(=O)CCCCCC(=O)N1CCN(c2nc(-c3cnc(N)nc3C(F)F)nc(N3CCOCC3)n2)CC1. The van der Waals surface area contributed by atoms with E-state index in [2.05, 4.69) is 24.9 Å². The minimum Gasteiger partial charge on any atom is -0.378 e. The molecule has 2 N–H and O–H groups in total. The fourth-order valence-electron chi connectivity index (χ4n) is 4.92. The van der Waals surface area contributed by atoms with Crippen LogP contribution in [0.3, 0.4) is 0 Å². The van der Waals surface area contributed by atoms with E-state index in [-0.39, 0.29) is 29.0 Å². The normalized spacial score (nSPS) is 16.1. The van der Waals surface area contributed by atoms with Crippen LogP contribution in [0, 0.1) is 5.92 Å². The largest absolute Gasteiger partial charge is 0.378 e. The Hall–Kier alpha value is -3.55. The van der Waals surface area contributed by atoms with Gasteiger partial charge < -0.3 is 25.2 Å². The predicted octanol–water partition coefficient (Wildman–Crippen LogP) is 2.90. The predicted molar refractivity (Wildman–Crippen MR) is 150 cm³/mol. The molecule has 4 heterocycles. The molecule has 4 rings (SSSR count). The van der Waals surface area contributed by atoms with E-state index in [4.69, 9.17) is 10.5 Å². The Balaban J connectivity index is 1.40. The fraction of sp³-hybridized carbons (Fsp3) is 0.667. The van der Waals surface area contributed by atoms with E-state index in [1.54, 1.807) is 0 Å². The Morgan fingerprint density at radius 1 is 0.902 bits per heavy atom. The number of nitrogens with zero attached hydrogens (tertiary/aromatic N) is 8. The molecule has 2 aromatic rings. The lowest BCUT2D eigenvalue weighted by Gasteiger charge is -2.35. The number of morpholine rings is 1. The monoisotopic (exact) mass is 575 g/mol. The molecular weight excluding hydrogens is 536 g/mol. The molecule has 2 saturated heterocycles. The van der Waals surface area contributed by atoms with Gasteiger partial charge in [-0.2, -0.15) is 15.0 Å². The number of ether oxygens (including phenoxy) is 1. The number of amides is 1. The molecule has 0 aromatic carbocycles. The Labute approximate surface area is 238 Å². The standard InChI is InChI=1S/C27H39F2N9O3/c1-18(2)16-19(39)6-4-3-5-7-21(40)36-8-10-37(11-9-36)26-33-24(20-17-31-25(30)32-22(20)23(28)29)34-27(35-26)38-12-14-41-15-13-38/h17-18,23H,3-16H2,1-2H3,(H2,30,31,32). The van der Waals surface area contributed by atoms with Crippen LogP contribution < -0.4 is 15.5 Å². The van der Waals surface area contributed by atoms with Crippen molar-refractivity contribution in [1.29, 1.82) is 0 Å². The Bertz CT molecular complexity index is 1190. The molecule has 224 valence electrons. The Kier molecular flexibility index (Phi) is 10.7. The highest BCUT2D eigenvalue weighted by Gasteiger charge is 2.27. The number of halogens is 2. The van der Waals surface area contributed by atoms with Gasteiger partial charge >= 0.3 is 0 Å². The molecule has 2 aliphatic heterocycles. The number of anilines is 3. The molecule has 0 bridgehead atoms. The third-order valence-corrected chi connectivity index (χ3v) is 7.09. The number of hydrogen-bond donors (Lipinski definition) is 1. The van der Waals surface area contributed by atoms with Crippen molar-refractivity contribution in [3.8, 4) is 11.4 Å². The number of carbonyl (C=O) groups excluding carboxylic acids is 2. The molecule has 1 amide bonds. The van der Waals surface area contributed by atoms with E-state index in [0.717, 1.165) is 19.3 Å². The van der Waals surface area contributed by atoms with Crippen LogP contribution in [-0.2, 0) is 14.3 Å². The van der Waals surface area contributed by atoms with Crippen LogP contribution in [0.4, 0.5) is 26.6 Å². The molecule has 0 unspecified atom stereocenters. The number of alkyl halides is 2. The number of unbranched alkanes of at least 4 members (excludes halogenated alkanes) is 2. The van der Waals surface area contributed by atoms with E-state index >= 15 is 0 Å². The van der Waals surface area contributed by atoms with Gasteiger partial charge in [0, 0.05) is 64.7 Å². The van der Waals surface area contributed by atoms with Crippen molar-refractivity contribution in [2.45, 2.75) is 58.8 Å². The lowest BCUT2D eigenvalue weighted by molar-refractivity contribution is -0.131.